The fourth-order valence-electron chi connectivity index (χ4n) is 2.83. The van der Waals surface area contributed by atoms with Crippen molar-refractivity contribution >= 4 is 16.9 Å². The number of aromatic nitrogens is 1. The predicted octanol–water partition coefficient (Wildman–Crippen LogP) is 3.20. The average molecular weight is 259 g/mol. The quantitative estimate of drug-likeness (QED) is 0.855. The van der Waals surface area contributed by atoms with Crippen molar-refractivity contribution in [1.82, 2.24) is 4.98 Å². The fourth-order valence-corrected chi connectivity index (χ4v) is 2.83. The van der Waals surface area contributed by atoms with E-state index in [0.717, 1.165) is 24.1 Å². The highest BCUT2D eigenvalue weighted by Gasteiger charge is 2.25. The number of hydrogen-bond acceptors (Lipinski definition) is 2. The Morgan fingerprint density at radius 3 is 3.00 bits per heavy atom. The van der Waals surface area contributed by atoms with E-state index in [1.165, 1.54) is 12.1 Å². The number of carbonyl (C=O) groups is 1. The third-order valence-electron chi connectivity index (χ3n) is 3.77. The molecule has 1 aromatic heterocycles. The Balaban J connectivity index is 2.37. The van der Waals surface area contributed by atoms with Gasteiger partial charge >= 0.3 is 5.97 Å². The van der Waals surface area contributed by atoms with Gasteiger partial charge in [0.1, 0.15) is 5.82 Å². The number of pyridine rings is 1. The van der Waals surface area contributed by atoms with Crippen molar-refractivity contribution in [3.8, 4) is 0 Å². The lowest BCUT2D eigenvalue weighted by atomic mass is 9.84. The van der Waals surface area contributed by atoms with Gasteiger partial charge in [0.2, 0.25) is 0 Å². The van der Waals surface area contributed by atoms with E-state index in [1.807, 2.05) is 0 Å². The van der Waals surface area contributed by atoms with E-state index >= 15 is 0 Å². The van der Waals surface area contributed by atoms with Crippen LogP contribution < -0.4 is 0 Å². The minimum atomic E-state index is -0.997. The third-order valence-corrected chi connectivity index (χ3v) is 3.77. The maximum atomic E-state index is 13.4. The highest BCUT2D eigenvalue weighted by molar-refractivity contribution is 6.04. The summed E-state index contributed by atoms with van der Waals surface area (Å²) in [4.78, 5) is 16.1. The first kappa shape index (κ1) is 12.1. The van der Waals surface area contributed by atoms with E-state index in [2.05, 4.69) is 11.9 Å². The van der Waals surface area contributed by atoms with Crippen LogP contribution in [0.3, 0.4) is 0 Å². The maximum absolute atomic E-state index is 13.4. The monoisotopic (exact) mass is 259 g/mol. The fraction of sp³-hybridized carbons (Fsp3) is 0.333. The Hall–Kier alpha value is -1.97. The summed E-state index contributed by atoms with van der Waals surface area (Å²) in [6, 6.07) is 4.14. The van der Waals surface area contributed by atoms with Crippen molar-refractivity contribution < 1.29 is 14.3 Å². The van der Waals surface area contributed by atoms with Crippen LogP contribution in [0.15, 0.2) is 18.2 Å². The second kappa shape index (κ2) is 4.30. The van der Waals surface area contributed by atoms with Crippen molar-refractivity contribution in [3.63, 3.8) is 0 Å². The Labute approximate surface area is 110 Å². The molecular weight excluding hydrogens is 245 g/mol. The number of benzene rings is 1. The SMILES string of the molecule is C[C@H]1CCc2nc3ccc(F)cc3c(C(=O)O)c2C1. The van der Waals surface area contributed by atoms with E-state index in [0.29, 0.717) is 23.2 Å². The van der Waals surface area contributed by atoms with Gasteiger partial charge in [0, 0.05) is 11.1 Å². The Morgan fingerprint density at radius 2 is 2.26 bits per heavy atom. The zero-order chi connectivity index (χ0) is 13.6. The van der Waals surface area contributed by atoms with E-state index < -0.39 is 11.8 Å². The van der Waals surface area contributed by atoms with E-state index in [1.54, 1.807) is 6.07 Å². The molecule has 0 spiro atoms. The first-order valence-electron chi connectivity index (χ1n) is 6.40. The van der Waals surface area contributed by atoms with Gasteiger partial charge in [-0.05, 0) is 48.9 Å². The lowest BCUT2D eigenvalue weighted by Gasteiger charge is -2.23. The number of hydrogen-bond donors (Lipinski definition) is 1. The summed E-state index contributed by atoms with van der Waals surface area (Å²) in [7, 11) is 0. The second-order valence-electron chi connectivity index (χ2n) is 5.23. The van der Waals surface area contributed by atoms with Crippen LogP contribution >= 0.6 is 0 Å². The third kappa shape index (κ3) is 1.97. The van der Waals surface area contributed by atoms with Crippen LogP contribution in [0.2, 0.25) is 0 Å². The highest BCUT2D eigenvalue weighted by Crippen LogP contribution is 2.31. The van der Waals surface area contributed by atoms with Crippen molar-refractivity contribution in [1.29, 1.82) is 0 Å². The number of fused-ring (bicyclic) bond motifs is 2. The number of carboxylic acids is 1. The largest absolute Gasteiger partial charge is 0.478 e. The van der Waals surface area contributed by atoms with Gasteiger partial charge in [-0.2, -0.15) is 0 Å². The molecule has 0 amide bonds. The summed E-state index contributed by atoms with van der Waals surface area (Å²) in [6.07, 6.45) is 2.52. The van der Waals surface area contributed by atoms with Gasteiger partial charge in [0.25, 0.3) is 0 Å². The predicted molar refractivity (Wildman–Crippen MR) is 69.8 cm³/mol. The summed E-state index contributed by atoms with van der Waals surface area (Å²) < 4.78 is 13.4. The molecule has 0 bridgehead atoms. The lowest BCUT2D eigenvalue weighted by molar-refractivity contribution is 0.0697. The Bertz CT molecular complexity index is 681. The molecule has 0 radical (unpaired) electrons. The minimum Gasteiger partial charge on any atom is -0.478 e. The van der Waals surface area contributed by atoms with Crippen molar-refractivity contribution in [3.05, 3.63) is 40.8 Å². The standard InChI is InChI=1S/C15H14FNO2/c1-8-2-4-12-10(6-8)14(15(18)19)11-7-9(16)3-5-13(11)17-12/h3,5,7-8H,2,4,6H2,1H3,(H,18,19)/t8-/m0/s1. The van der Waals surface area contributed by atoms with Crippen LogP contribution in [0.5, 0.6) is 0 Å². The van der Waals surface area contributed by atoms with Crippen LogP contribution in [-0.4, -0.2) is 16.1 Å². The molecule has 3 rings (SSSR count). The molecule has 1 aromatic carbocycles. The summed E-state index contributed by atoms with van der Waals surface area (Å²) in [6.45, 7) is 2.10. The lowest BCUT2D eigenvalue weighted by Crippen LogP contribution is -2.18. The molecule has 1 aliphatic rings. The van der Waals surface area contributed by atoms with Crippen LogP contribution in [0, 0.1) is 11.7 Å². The van der Waals surface area contributed by atoms with E-state index in [-0.39, 0.29) is 5.56 Å². The molecule has 0 aliphatic heterocycles. The first-order valence-corrected chi connectivity index (χ1v) is 6.40. The van der Waals surface area contributed by atoms with Crippen molar-refractivity contribution in [2.75, 3.05) is 0 Å². The first-order chi connectivity index (χ1) is 9.06. The number of rotatable bonds is 1. The van der Waals surface area contributed by atoms with Gasteiger partial charge in [0.15, 0.2) is 0 Å². The molecule has 1 atom stereocenters. The Kier molecular flexibility index (Phi) is 2.73. The van der Waals surface area contributed by atoms with E-state index in [4.69, 9.17) is 0 Å². The summed E-state index contributed by atoms with van der Waals surface area (Å²) in [5.41, 5.74) is 2.43. The highest BCUT2D eigenvalue weighted by atomic mass is 19.1. The molecule has 1 heterocycles. The van der Waals surface area contributed by atoms with Gasteiger partial charge < -0.3 is 5.11 Å². The molecular formula is C15H14FNO2. The van der Waals surface area contributed by atoms with Gasteiger partial charge in [-0.3, -0.25) is 4.98 Å². The van der Waals surface area contributed by atoms with Crippen LogP contribution in [-0.2, 0) is 12.8 Å². The average Bonchev–Trinajstić information content (AvgIpc) is 2.35. The summed E-state index contributed by atoms with van der Waals surface area (Å²) in [5, 5.41) is 9.87. The maximum Gasteiger partial charge on any atom is 0.336 e. The van der Waals surface area contributed by atoms with Gasteiger partial charge in [0.05, 0.1) is 11.1 Å². The molecule has 0 unspecified atom stereocenters. The number of nitrogens with zero attached hydrogens (tertiary/aromatic N) is 1. The second-order valence-corrected chi connectivity index (χ2v) is 5.23. The van der Waals surface area contributed by atoms with Crippen LogP contribution in [0.1, 0.15) is 35.0 Å². The van der Waals surface area contributed by atoms with Gasteiger partial charge in [-0.1, -0.05) is 6.92 Å². The normalized spacial score (nSPS) is 18.3. The topological polar surface area (TPSA) is 50.2 Å². The Morgan fingerprint density at radius 1 is 1.47 bits per heavy atom. The van der Waals surface area contributed by atoms with E-state index in [9.17, 15) is 14.3 Å². The molecule has 2 aromatic rings. The smallest absolute Gasteiger partial charge is 0.336 e. The molecule has 19 heavy (non-hydrogen) atoms. The number of carboxylic acid groups (broad SMARTS) is 1. The minimum absolute atomic E-state index is 0.228. The molecule has 1 N–H and O–H groups in total. The molecule has 0 saturated carbocycles. The van der Waals surface area contributed by atoms with Gasteiger partial charge in [-0.15, -0.1) is 0 Å². The molecule has 3 nitrogen and oxygen atoms in total. The molecule has 98 valence electrons. The van der Waals surface area contributed by atoms with Crippen molar-refractivity contribution in [2.45, 2.75) is 26.2 Å². The molecule has 0 saturated heterocycles. The van der Waals surface area contributed by atoms with Gasteiger partial charge in [-0.25, -0.2) is 9.18 Å². The zero-order valence-electron chi connectivity index (χ0n) is 10.6. The number of aryl methyl sites for hydroxylation is 1. The van der Waals surface area contributed by atoms with Crippen LogP contribution in [0.25, 0.3) is 10.9 Å². The number of aromatic carboxylic acids is 1. The number of halogens is 1. The summed E-state index contributed by atoms with van der Waals surface area (Å²) in [5.74, 6) is -0.984. The summed E-state index contributed by atoms with van der Waals surface area (Å²) >= 11 is 0. The van der Waals surface area contributed by atoms with Crippen molar-refractivity contribution in [2.24, 2.45) is 5.92 Å². The van der Waals surface area contributed by atoms with Crippen LogP contribution in [0.4, 0.5) is 4.39 Å². The molecule has 4 heteroatoms. The molecule has 1 aliphatic carbocycles. The molecule has 0 fully saturated rings. The zero-order valence-corrected chi connectivity index (χ0v) is 10.6.